The van der Waals surface area contributed by atoms with Gasteiger partial charge in [-0.3, -0.25) is 14.6 Å². The van der Waals surface area contributed by atoms with Gasteiger partial charge in [0.2, 0.25) is 0 Å². The Morgan fingerprint density at radius 3 is 2.61 bits per heavy atom. The number of benzene rings is 2. The molecule has 31 heavy (non-hydrogen) atoms. The zero-order chi connectivity index (χ0) is 22.0. The summed E-state index contributed by atoms with van der Waals surface area (Å²) >= 11 is 5.95. The molecule has 6 nitrogen and oxygen atoms in total. The number of carbonyl (C=O) groups is 2. The number of amides is 1. The Balaban J connectivity index is 1.65. The molecule has 2 unspecified atom stereocenters. The molecule has 1 aliphatic rings. The minimum atomic E-state index is -0.912. The topological polar surface area (TPSA) is 79.7 Å². The van der Waals surface area contributed by atoms with Gasteiger partial charge in [-0.1, -0.05) is 17.7 Å². The van der Waals surface area contributed by atoms with Crippen LogP contribution in [0.2, 0.25) is 5.02 Å². The molecular formula is C24H21ClN2O4. The van der Waals surface area contributed by atoms with Gasteiger partial charge in [0.05, 0.1) is 6.42 Å². The molecule has 4 rings (SSSR count). The maximum Gasteiger partial charge on any atom is 0.304 e. The fraction of sp³-hybridized carbons (Fsp3) is 0.208. The van der Waals surface area contributed by atoms with Crippen LogP contribution in [-0.4, -0.2) is 28.0 Å². The highest BCUT2D eigenvalue weighted by Crippen LogP contribution is 2.45. The van der Waals surface area contributed by atoms with Crippen LogP contribution in [0, 0.1) is 0 Å². The fourth-order valence-corrected chi connectivity index (χ4v) is 4.07. The first-order valence-electron chi connectivity index (χ1n) is 9.90. The first-order chi connectivity index (χ1) is 14.9. The van der Waals surface area contributed by atoms with E-state index < -0.39 is 5.97 Å². The fourth-order valence-electron chi connectivity index (χ4n) is 3.94. The minimum Gasteiger partial charge on any atom is -0.489 e. The van der Waals surface area contributed by atoms with Gasteiger partial charge in [0.15, 0.2) is 0 Å². The normalized spacial score (nSPS) is 17.3. The van der Waals surface area contributed by atoms with E-state index in [1.807, 2.05) is 31.2 Å². The molecule has 2 atom stereocenters. The highest BCUT2D eigenvalue weighted by molar-refractivity contribution is 6.30. The van der Waals surface area contributed by atoms with E-state index in [2.05, 4.69) is 4.98 Å². The molecule has 1 aliphatic heterocycles. The summed E-state index contributed by atoms with van der Waals surface area (Å²) in [6.07, 6.45) is 3.35. The summed E-state index contributed by atoms with van der Waals surface area (Å²) in [4.78, 5) is 30.5. The Morgan fingerprint density at radius 1 is 1.16 bits per heavy atom. The molecule has 0 radical (unpaired) electrons. The van der Waals surface area contributed by atoms with Crippen molar-refractivity contribution in [2.75, 3.05) is 4.90 Å². The van der Waals surface area contributed by atoms with Crippen LogP contribution in [0.15, 0.2) is 67.0 Å². The summed E-state index contributed by atoms with van der Waals surface area (Å²) in [6, 6.07) is 15.6. The van der Waals surface area contributed by atoms with Gasteiger partial charge in [0.25, 0.3) is 5.91 Å². The summed E-state index contributed by atoms with van der Waals surface area (Å²) in [5.74, 6) is -0.829. The molecule has 0 fully saturated rings. The second-order valence-corrected chi connectivity index (χ2v) is 7.93. The van der Waals surface area contributed by atoms with Crippen molar-refractivity contribution in [1.82, 2.24) is 4.98 Å². The predicted octanol–water partition coefficient (Wildman–Crippen LogP) is 4.92. The molecule has 0 bridgehead atoms. The standard InChI is InChI=1S/C24H21ClN2O4/c1-15-20(12-23(28)29)21-11-19(31-14-16-3-2-10-26-13-16)8-9-22(21)27(15)24(30)17-4-6-18(25)7-5-17/h2-11,13,15,20H,12,14H2,1H3,(H,28,29). The van der Waals surface area contributed by atoms with Gasteiger partial charge in [0, 0.05) is 46.2 Å². The van der Waals surface area contributed by atoms with Gasteiger partial charge in [-0.05, 0) is 61.0 Å². The number of pyridine rings is 1. The molecular weight excluding hydrogens is 416 g/mol. The summed E-state index contributed by atoms with van der Waals surface area (Å²) in [7, 11) is 0. The third-order valence-electron chi connectivity index (χ3n) is 5.48. The average molecular weight is 437 g/mol. The lowest BCUT2D eigenvalue weighted by Crippen LogP contribution is -2.37. The maximum absolute atomic E-state index is 13.3. The van der Waals surface area contributed by atoms with Crippen LogP contribution in [0.1, 0.15) is 40.7 Å². The number of fused-ring (bicyclic) bond motifs is 1. The van der Waals surface area contributed by atoms with Gasteiger partial charge in [0.1, 0.15) is 12.4 Å². The van der Waals surface area contributed by atoms with Crippen LogP contribution in [0.5, 0.6) is 5.75 Å². The molecule has 1 N–H and O–H groups in total. The number of hydrogen-bond donors (Lipinski definition) is 1. The zero-order valence-corrected chi connectivity index (χ0v) is 17.6. The molecule has 0 saturated carbocycles. The van der Waals surface area contributed by atoms with Crippen LogP contribution in [0.3, 0.4) is 0 Å². The van der Waals surface area contributed by atoms with E-state index in [-0.39, 0.29) is 24.3 Å². The summed E-state index contributed by atoms with van der Waals surface area (Å²) in [5.41, 5.74) is 2.92. The van der Waals surface area contributed by atoms with E-state index in [4.69, 9.17) is 16.3 Å². The molecule has 3 aromatic rings. The van der Waals surface area contributed by atoms with Gasteiger partial charge < -0.3 is 14.7 Å². The molecule has 0 aliphatic carbocycles. The average Bonchev–Trinajstić information content (AvgIpc) is 3.03. The number of nitrogens with zero attached hydrogens (tertiary/aromatic N) is 2. The molecule has 2 aromatic carbocycles. The monoisotopic (exact) mass is 436 g/mol. The minimum absolute atomic E-state index is 0.0787. The van der Waals surface area contributed by atoms with Crippen molar-refractivity contribution in [1.29, 1.82) is 0 Å². The largest absolute Gasteiger partial charge is 0.489 e. The van der Waals surface area contributed by atoms with Crippen molar-refractivity contribution in [2.45, 2.75) is 31.9 Å². The smallest absolute Gasteiger partial charge is 0.304 e. The number of aliphatic carboxylic acids is 1. The highest BCUT2D eigenvalue weighted by Gasteiger charge is 2.40. The Morgan fingerprint density at radius 2 is 1.94 bits per heavy atom. The summed E-state index contributed by atoms with van der Waals surface area (Å²) in [6.45, 7) is 2.22. The highest BCUT2D eigenvalue weighted by atomic mass is 35.5. The van der Waals surface area contributed by atoms with Crippen LogP contribution in [-0.2, 0) is 11.4 Å². The lowest BCUT2D eigenvalue weighted by molar-refractivity contribution is -0.137. The van der Waals surface area contributed by atoms with Gasteiger partial charge in [-0.25, -0.2) is 0 Å². The number of carboxylic acid groups (broad SMARTS) is 1. The van der Waals surface area contributed by atoms with E-state index in [1.54, 1.807) is 47.6 Å². The molecule has 0 spiro atoms. The maximum atomic E-state index is 13.3. The van der Waals surface area contributed by atoms with Crippen molar-refractivity contribution in [3.05, 3.63) is 88.7 Å². The first-order valence-corrected chi connectivity index (χ1v) is 10.3. The Hall–Kier alpha value is -3.38. The van der Waals surface area contributed by atoms with Gasteiger partial charge in [-0.15, -0.1) is 0 Å². The molecule has 1 amide bonds. The number of hydrogen-bond acceptors (Lipinski definition) is 4. The third-order valence-corrected chi connectivity index (χ3v) is 5.73. The third kappa shape index (κ3) is 4.39. The van der Waals surface area contributed by atoms with Crippen molar-refractivity contribution < 1.29 is 19.4 Å². The van der Waals surface area contributed by atoms with Crippen molar-refractivity contribution >= 4 is 29.2 Å². The van der Waals surface area contributed by atoms with E-state index in [1.165, 1.54) is 0 Å². The summed E-state index contributed by atoms with van der Waals surface area (Å²) in [5, 5.41) is 10.0. The molecule has 2 heterocycles. The van der Waals surface area contributed by atoms with Crippen molar-refractivity contribution in [2.24, 2.45) is 0 Å². The lowest BCUT2D eigenvalue weighted by Gasteiger charge is -2.25. The molecule has 1 aromatic heterocycles. The second-order valence-electron chi connectivity index (χ2n) is 7.50. The Labute approximate surface area is 185 Å². The number of halogens is 1. The molecule has 158 valence electrons. The van der Waals surface area contributed by atoms with E-state index in [0.717, 1.165) is 11.1 Å². The van der Waals surface area contributed by atoms with Gasteiger partial charge in [-0.2, -0.15) is 0 Å². The predicted molar refractivity (Wildman–Crippen MR) is 118 cm³/mol. The number of ether oxygens (including phenoxy) is 1. The van der Waals surface area contributed by atoms with Crippen LogP contribution >= 0.6 is 11.6 Å². The van der Waals surface area contributed by atoms with E-state index in [0.29, 0.717) is 28.6 Å². The van der Waals surface area contributed by atoms with Gasteiger partial charge >= 0.3 is 5.97 Å². The summed E-state index contributed by atoms with van der Waals surface area (Å²) < 4.78 is 5.89. The van der Waals surface area contributed by atoms with Crippen LogP contribution in [0.4, 0.5) is 5.69 Å². The SMILES string of the molecule is CC1C(CC(=O)O)c2cc(OCc3cccnc3)ccc2N1C(=O)c1ccc(Cl)cc1. The number of carbonyl (C=O) groups excluding carboxylic acids is 1. The van der Waals surface area contributed by atoms with Crippen molar-refractivity contribution in [3.8, 4) is 5.75 Å². The first kappa shape index (κ1) is 20.9. The van der Waals surface area contributed by atoms with Crippen LogP contribution < -0.4 is 9.64 Å². The lowest BCUT2D eigenvalue weighted by atomic mass is 9.92. The second kappa shape index (κ2) is 8.78. The number of anilines is 1. The number of carboxylic acids is 1. The van der Waals surface area contributed by atoms with E-state index >= 15 is 0 Å². The number of rotatable bonds is 6. The Kier molecular flexibility index (Phi) is 5.91. The van der Waals surface area contributed by atoms with Crippen LogP contribution in [0.25, 0.3) is 0 Å². The van der Waals surface area contributed by atoms with Crippen molar-refractivity contribution in [3.63, 3.8) is 0 Å². The Bertz CT molecular complexity index is 1100. The molecule has 7 heteroatoms. The number of aromatic nitrogens is 1. The van der Waals surface area contributed by atoms with E-state index in [9.17, 15) is 14.7 Å². The molecule has 0 saturated heterocycles. The zero-order valence-electron chi connectivity index (χ0n) is 16.9. The quantitative estimate of drug-likeness (QED) is 0.593.